The fourth-order valence-electron chi connectivity index (χ4n) is 0.534. The van der Waals surface area contributed by atoms with Gasteiger partial charge in [-0.15, -0.1) is 0 Å². The second-order valence-corrected chi connectivity index (χ2v) is 4.14. The van der Waals surface area contributed by atoms with Crippen LogP contribution in [0.2, 0.25) is 0 Å². The summed E-state index contributed by atoms with van der Waals surface area (Å²) in [6, 6.07) is 10.3. The smallest absolute Gasteiger partial charge is 0.300 e. The van der Waals surface area contributed by atoms with E-state index in [9.17, 15) is 9.59 Å². The Morgan fingerprint density at radius 2 is 1.20 bits per heavy atom. The largest absolute Gasteiger partial charge is 0.481 e. The van der Waals surface area contributed by atoms with Crippen LogP contribution >= 0.6 is 0 Å². The Bertz CT molecular complexity index is 349. The number of hydrogen-bond acceptors (Lipinski definition) is 3. The summed E-state index contributed by atoms with van der Waals surface area (Å²) >= 11 is 0. The first kappa shape index (κ1) is 23.1. The molecule has 0 radical (unpaired) electrons. The Balaban J connectivity index is -0.000000201. The molecule has 1 aromatic rings. The van der Waals surface area contributed by atoms with E-state index in [4.69, 9.17) is 9.90 Å². The molecule has 0 atom stereocenters. The second-order valence-electron chi connectivity index (χ2n) is 4.14. The number of carboxylic acids is 1. The summed E-state index contributed by atoms with van der Waals surface area (Å²) in [5, 5.41) is 7.42. The van der Waals surface area contributed by atoms with Crippen molar-refractivity contribution in [3.8, 4) is 0 Å². The molecule has 0 unspecified atom stereocenters. The summed E-state index contributed by atoms with van der Waals surface area (Å²) in [7, 11) is 0. The number of aryl methyl sites for hydroxylation is 1. The van der Waals surface area contributed by atoms with E-state index in [1.54, 1.807) is 6.92 Å². The average Bonchev–Trinajstić information content (AvgIpc) is 2.29. The number of ketones is 2. The first-order chi connectivity index (χ1) is 9.13. The zero-order chi connectivity index (χ0) is 16.6. The first-order valence-corrected chi connectivity index (χ1v) is 6.31. The Morgan fingerprint density at radius 3 is 1.30 bits per heavy atom. The normalized spacial score (nSPS) is 7.50. The Kier molecular flexibility index (Phi) is 19.7. The molecule has 4 heteroatoms. The summed E-state index contributed by atoms with van der Waals surface area (Å²) in [5.74, 6) is -0.412. The molecule has 0 heterocycles. The van der Waals surface area contributed by atoms with Crippen molar-refractivity contribution in [2.75, 3.05) is 0 Å². The molecule has 0 aromatic heterocycles. The lowest BCUT2D eigenvalue weighted by Crippen LogP contribution is -1.80. The van der Waals surface area contributed by atoms with Gasteiger partial charge in [0, 0.05) is 13.3 Å². The van der Waals surface area contributed by atoms with Gasteiger partial charge in [0.2, 0.25) is 0 Å². The molecule has 0 saturated carbocycles. The van der Waals surface area contributed by atoms with E-state index in [1.807, 2.05) is 25.1 Å². The second kappa shape index (κ2) is 17.0. The topological polar surface area (TPSA) is 71.4 Å². The third-order valence-electron chi connectivity index (χ3n) is 1.44. The number of Topliss-reactive ketones (excluding diaryl/α,β-unsaturated/α-hetero) is 2. The quantitative estimate of drug-likeness (QED) is 0.853. The average molecular weight is 282 g/mol. The molecular weight excluding hydrogens is 256 g/mol. The van der Waals surface area contributed by atoms with Gasteiger partial charge < -0.3 is 14.7 Å². The summed E-state index contributed by atoms with van der Waals surface area (Å²) in [6.07, 6.45) is 0.667. The van der Waals surface area contributed by atoms with E-state index in [1.165, 1.54) is 19.4 Å². The lowest BCUT2D eigenvalue weighted by Gasteiger charge is -1.82. The zero-order valence-electron chi connectivity index (χ0n) is 13.3. The Labute approximate surface area is 121 Å². The van der Waals surface area contributed by atoms with E-state index in [2.05, 4.69) is 19.1 Å². The lowest BCUT2D eigenvalue weighted by molar-refractivity contribution is -0.134. The third kappa shape index (κ3) is 56.2. The van der Waals surface area contributed by atoms with Gasteiger partial charge in [-0.3, -0.25) is 4.79 Å². The summed E-state index contributed by atoms with van der Waals surface area (Å²) in [6.45, 7) is 9.66. The molecule has 0 fully saturated rings. The minimum atomic E-state index is -0.833. The molecule has 1 rings (SSSR count). The number of carbonyl (C=O) groups excluding carboxylic acids is 2. The van der Waals surface area contributed by atoms with Crippen LogP contribution in [0, 0.1) is 6.92 Å². The molecule has 0 aliphatic rings. The van der Waals surface area contributed by atoms with Crippen LogP contribution in [0.3, 0.4) is 0 Å². The van der Waals surface area contributed by atoms with Crippen LogP contribution < -0.4 is 0 Å². The molecule has 0 aliphatic heterocycles. The Hall–Kier alpha value is -1.97. The van der Waals surface area contributed by atoms with Gasteiger partial charge in [0.15, 0.2) is 0 Å². The lowest BCUT2D eigenvalue weighted by atomic mass is 10.2. The molecule has 0 aliphatic carbocycles. The van der Waals surface area contributed by atoms with Crippen molar-refractivity contribution < 1.29 is 19.5 Å². The zero-order valence-corrected chi connectivity index (χ0v) is 13.3. The molecule has 0 amide bonds. The highest BCUT2D eigenvalue weighted by atomic mass is 16.4. The van der Waals surface area contributed by atoms with Gasteiger partial charge in [0.25, 0.3) is 5.97 Å². The van der Waals surface area contributed by atoms with Crippen LogP contribution in [0.4, 0.5) is 0 Å². The minimum Gasteiger partial charge on any atom is -0.481 e. The standard InChI is InChI=1S/C7H8.C4H8O.C3H6O.C2H4O2/c1-7-5-3-2-4-6-7;1-3-4(2)5;1-3(2)4;1-2(3)4/h2-6H,1H3;3H2,1-2H3;1-2H3;1H3,(H,3,4). The monoisotopic (exact) mass is 282 g/mol. The van der Waals surface area contributed by atoms with Crippen molar-refractivity contribution in [1.29, 1.82) is 0 Å². The van der Waals surface area contributed by atoms with Crippen LogP contribution in [0.1, 0.15) is 46.6 Å². The molecule has 0 saturated heterocycles. The summed E-state index contributed by atoms with van der Waals surface area (Å²) < 4.78 is 0. The number of rotatable bonds is 1. The molecule has 1 aromatic carbocycles. The number of benzene rings is 1. The number of carboxylic acid groups (broad SMARTS) is 1. The number of hydrogen-bond donors (Lipinski definition) is 1. The maximum atomic E-state index is 9.81. The van der Waals surface area contributed by atoms with Crippen LogP contribution in [0.5, 0.6) is 0 Å². The van der Waals surface area contributed by atoms with Gasteiger partial charge in [-0.1, -0.05) is 42.8 Å². The van der Waals surface area contributed by atoms with E-state index < -0.39 is 5.97 Å². The highest BCUT2D eigenvalue weighted by molar-refractivity contribution is 5.74. The van der Waals surface area contributed by atoms with Crippen LogP contribution in [-0.2, 0) is 14.4 Å². The maximum Gasteiger partial charge on any atom is 0.300 e. The maximum absolute atomic E-state index is 9.81. The van der Waals surface area contributed by atoms with Crippen molar-refractivity contribution in [3.05, 3.63) is 35.9 Å². The first-order valence-electron chi connectivity index (χ1n) is 6.31. The molecule has 114 valence electrons. The summed E-state index contributed by atoms with van der Waals surface area (Å²) in [4.78, 5) is 28.3. The van der Waals surface area contributed by atoms with Crippen molar-refractivity contribution in [3.63, 3.8) is 0 Å². The number of aliphatic carboxylic acids is 1. The van der Waals surface area contributed by atoms with E-state index >= 15 is 0 Å². The fourth-order valence-corrected chi connectivity index (χ4v) is 0.534. The third-order valence-corrected chi connectivity index (χ3v) is 1.44. The molecule has 1 N–H and O–H groups in total. The van der Waals surface area contributed by atoms with Gasteiger partial charge in [-0.05, 0) is 27.7 Å². The fraction of sp³-hybridized carbons (Fsp3) is 0.438. The predicted octanol–water partition coefficient (Wildman–Crippen LogP) is 3.67. The van der Waals surface area contributed by atoms with Crippen molar-refractivity contribution >= 4 is 17.5 Å². The molecular formula is C16H26O4. The van der Waals surface area contributed by atoms with Gasteiger partial charge in [-0.25, -0.2) is 0 Å². The van der Waals surface area contributed by atoms with Crippen molar-refractivity contribution in [2.24, 2.45) is 0 Å². The molecule has 20 heavy (non-hydrogen) atoms. The van der Waals surface area contributed by atoms with Gasteiger partial charge in [0.05, 0.1) is 0 Å². The number of carbonyl (C=O) groups is 3. The van der Waals surface area contributed by atoms with Gasteiger partial charge >= 0.3 is 0 Å². The highest BCUT2D eigenvalue weighted by Crippen LogP contribution is 1.92. The minimum absolute atomic E-state index is 0.167. The van der Waals surface area contributed by atoms with E-state index in [-0.39, 0.29) is 11.6 Å². The Morgan fingerprint density at radius 1 is 0.950 bits per heavy atom. The highest BCUT2D eigenvalue weighted by Gasteiger charge is 1.77. The molecule has 4 nitrogen and oxygen atoms in total. The SMILES string of the molecule is CC(=O)O.CC(C)=O.CCC(C)=O.Cc1ccccc1. The molecule has 0 spiro atoms. The summed E-state index contributed by atoms with van der Waals surface area (Å²) in [5.41, 5.74) is 1.32. The molecule has 0 bridgehead atoms. The van der Waals surface area contributed by atoms with Crippen molar-refractivity contribution in [1.82, 2.24) is 0 Å². The van der Waals surface area contributed by atoms with Crippen LogP contribution in [-0.4, -0.2) is 22.6 Å². The van der Waals surface area contributed by atoms with Crippen molar-refractivity contribution in [2.45, 2.75) is 48.0 Å². The van der Waals surface area contributed by atoms with E-state index in [0.29, 0.717) is 6.42 Å². The van der Waals surface area contributed by atoms with Crippen LogP contribution in [0.15, 0.2) is 30.3 Å². The predicted molar refractivity (Wildman–Crippen MR) is 81.8 cm³/mol. The van der Waals surface area contributed by atoms with E-state index in [0.717, 1.165) is 6.92 Å². The van der Waals surface area contributed by atoms with Gasteiger partial charge in [-0.2, -0.15) is 0 Å². The van der Waals surface area contributed by atoms with Gasteiger partial charge in [0.1, 0.15) is 11.6 Å². The van der Waals surface area contributed by atoms with Crippen LogP contribution in [0.25, 0.3) is 0 Å².